The van der Waals surface area contributed by atoms with Gasteiger partial charge in [0.2, 0.25) is 0 Å². The summed E-state index contributed by atoms with van der Waals surface area (Å²) in [6.45, 7) is 7.26. The van der Waals surface area contributed by atoms with E-state index in [1.54, 1.807) is 45.2 Å². The molecular formula is C15H22BrN3O3. The molecule has 1 atom stereocenters. The zero-order valence-electron chi connectivity index (χ0n) is 13.3. The molecule has 0 bridgehead atoms. The van der Waals surface area contributed by atoms with Crippen molar-refractivity contribution in [1.29, 1.82) is 0 Å². The Morgan fingerprint density at radius 1 is 1.41 bits per heavy atom. The Kier molecular flexibility index (Phi) is 6.80. The van der Waals surface area contributed by atoms with Crippen molar-refractivity contribution in [3.63, 3.8) is 0 Å². The van der Waals surface area contributed by atoms with Crippen LogP contribution in [0, 0.1) is 0 Å². The number of nitrogens with one attached hydrogen (secondary N) is 1. The third-order valence-electron chi connectivity index (χ3n) is 2.61. The van der Waals surface area contributed by atoms with Gasteiger partial charge in [-0.15, -0.1) is 0 Å². The minimum Gasteiger partial charge on any atom is -0.444 e. The highest BCUT2D eigenvalue weighted by Gasteiger charge is 2.27. The zero-order chi connectivity index (χ0) is 16.8. The van der Waals surface area contributed by atoms with Crippen LogP contribution in [0.3, 0.4) is 0 Å². The Bertz CT molecular complexity index is 503. The summed E-state index contributed by atoms with van der Waals surface area (Å²) in [6.07, 6.45) is 2.23. The molecule has 0 saturated carbocycles. The van der Waals surface area contributed by atoms with Gasteiger partial charge >= 0.3 is 6.09 Å². The predicted molar refractivity (Wildman–Crippen MR) is 88.7 cm³/mol. The van der Waals surface area contributed by atoms with Gasteiger partial charge in [-0.3, -0.25) is 4.79 Å². The van der Waals surface area contributed by atoms with E-state index in [4.69, 9.17) is 4.74 Å². The van der Waals surface area contributed by atoms with Gasteiger partial charge in [-0.2, -0.15) is 0 Å². The summed E-state index contributed by atoms with van der Waals surface area (Å²) in [4.78, 5) is 28.5. The van der Waals surface area contributed by atoms with E-state index in [-0.39, 0.29) is 5.91 Å². The van der Waals surface area contributed by atoms with E-state index in [0.29, 0.717) is 12.2 Å². The maximum Gasteiger partial charge on any atom is 0.408 e. The van der Waals surface area contributed by atoms with Crippen LogP contribution >= 0.6 is 16.1 Å². The van der Waals surface area contributed by atoms with Crippen LogP contribution in [-0.4, -0.2) is 28.6 Å². The van der Waals surface area contributed by atoms with E-state index >= 15 is 0 Å². The van der Waals surface area contributed by atoms with Crippen molar-refractivity contribution in [3.8, 4) is 0 Å². The molecule has 0 aliphatic rings. The van der Waals surface area contributed by atoms with Crippen molar-refractivity contribution in [2.45, 2.75) is 52.2 Å². The van der Waals surface area contributed by atoms with Crippen LogP contribution in [-0.2, 0) is 9.53 Å². The lowest BCUT2D eigenvalue weighted by Gasteiger charge is -2.24. The number of carbonyl (C=O) groups excluding carboxylic acids is 2. The van der Waals surface area contributed by atoms with Gasteiger partial charge in [-0.05, 0) is 39.3 Å². The molecule has 0 spiro atoms. The van der Waals surface area contributed by atoms with Crippen molar-refractivity contribution in [1.82, 2.24) is 10.3 Å². The second-order valence-corrected chi connectivity index (χ2v) is 6.50. The van der Waals surface area contributed by atoms with Gasteiger partial charge in [-0.1, -0.05) is 19.4 Å². The molecule has 1 rings (SSSR count). The van der Waals surface area contributed by atoms with E-state index in [1.165, 1.54) is 3.93 Å². The van der Waals surface area contributed by atoms with Crippen LogP contribution < -0.4 is 9.24 Å². The molecule has 1 aromatic heterocycles. The first-order valence-electron chi connectivity index (χ1n) is 7.15. The molecule has 22 heavy (non-hydrogen) atoms. The number of hydrogen-bond donors (Lipinski definition) is 1. The van der Waals surface area contributed by atoms with E-state index in [9.17, 15) is 9.59 Å². The minimum absolute atomic E-state index is 0.300. The second-order valence-electron chi connectivity index (χ2n) is 5.79. The summed E-state index contributed by atoms with van der Waals surface area (Å²) in [6, 6.07) is 4.56. The number of carbonyl (C=O) groups is 2. The molecule has 122 valence electrons. The number of pyridine rings is 1. The fourth-order valence-electron chi connectivity index (χ4n) is 1.72. The fraction of sp³-hybridized carbons (Fsp3) is 0.533. The van der Waals surface area contributed by atoms with Gasteiger partial charge in [-0.25, -0.2) is 13.7 Å². The van der Waals surface area contributed by atoms with E-state index in [1.807, 2.05) is 6.92 Å². The molecule has 7 heteroatoms. The summed E-state index contributed by atoms with van der Waals surface area (Å²) in [5, 5.41) is 2.61. The van der Waals surface area contributed by atoms with Crippen LogP contribution in [0.5, 0.6) is 0 Å². The van der Waals surface area contributed by atoms with Gasteiger partial charge in [0.25, 0.3) is 5.91 Å². The van der Waals surface area contributed by atoms with E-state index in [0.717, 1.165) is 6.42 Å². The van der Waals surface area contributed by atoms with Crippen LogP contribution in [0.15, 0.2) is 24.4 Å². The summed E-state index contributed by atoms with van der Waals surface area (Å²) in [5.41, 5.74) is -0.612. The topological polar surface area (TPSA) is 71.5 Å². The predicted octanol–water partition coefficient (Wildman–Crippen LogP) is 3.42. The average molecular weight is 372 g/mol. The lowest BCUT2D eigenvalue weighted by atomic mass is 10.1. The SMILES string of the molecule is CCCC(NC(=O)OC(C)(C)C)C(=O)N(Br)c1ccccn1. The highest BCUT2D eigenvalue weighted by atomic mass is 79.9. The highest BCUT2D eigenvalue weighted by molar-refractivity contribution is 9.10. The monoisotopic (exact) mass is 371 g/mol. The van der Waals surface area contributed by atoms with Crippen LogP contribution in [0.4, 0.5) is 10.6 Å². The summed E-state index contributed by atoms with van der Waals surface area (Å²) in [5.74, 6) is 0.158. The van der Waals surface area contributed by atoms with Gasteiger partial charge in [0.1, 0.15) is 17.5 Å². The Morgan fingerprint density at radius 2 is 2.09 bits per heavy atom. The molecule has 0 aromatic carbocycles. The van der Waals surface area contributed by atoms with E-state index in [2.05, 4.69) is 26.4 Å². The van der Waals surface area contributed by atoms with Crippen molar-refractivity contribution in [2.24, 2.45) is 0 Å². The summed E-state index contributed by atoms with van der Waals surface area (Å²) in [7, 11) is 0. The first kappa shape index (κ1) is 18.4. The highest BCUT2D eigenvalue weighted by Crippen LogP contribution is 2.17. The third-order valence-corrected chi connectivity index (χ3v) is 3.32. The number of rotatable bonds is 5. The van der Waals surface area contributed by atoms with Crippen LogP contribution in [0.25, 0.3) is 0 Å². The Hall–Kier alpha value is -1.63. The molecule has 1 heterocycles. The van der Waals surface area contributed by atoms with Gasteiger partial charge < -0.3 is 10.1 Å². The van der Waals surface area contributed by atoms with Crippen molar-refractivity contribution < 1.29 is 14.3 Å². The molecule has 0 aliphatic carbocycles. The number of anilines is 1. The number of aromatic nitrogens is 1. The zero-order valence-corrected chi connectivity index (χ0v) is 14.9. The van der Waals surface area contributed by atoms with Gasteiger partial charge in [0.05, 0.1) is 16.1 Å². The third kappa shape index (κ3) is 6.01. The summed E-state index contributed by atoms with van der Waals surface area (Å²) < 4.78 is 6.45. The molecule has 2 amide bonds. The van der Waals surface area contributed by atoms with Crippen molar-refractivity contribution in [2.75, 3.05) is 3.93 Å². The normalized spacial score (nSPS) is 12.4. The van der Waals surface area contributed by atoms with Crippen molar-refractivity contribution >= 4 is 34.0 Å². The molecule has 0 saturated heterocycles. The second kappa shape index (κ2) is 8.12. The molecule has 1 N–H and O–H groups in total. The number of amides is 2. The molecule has 1 unspecified atom stereocenters. The number of nitrogens with zero attached hydrogens (tertiary/aromatic N) is 2. The lowest BCUT2D eigenvalue weighted by molar-refractivity contribution is -0.119. The maximum absolute atomic E-state index is 12.5. The number of hydrogen-bond acceptors (Lipinski definition) is 4. The Balaban J connectivity index is 2.77. The van der Waals surface area contributed by atoms with Crippen molar-refractivity contribution in [3.05, 3.63) is 24.4 Å². The molecule has 0 aliphatic heterocycles. The van der Waals surface area contributed by atoms with Crippen LogP contribution in [0.1, 0.15) is 40.5 Å². The van der Waals surface area contributed by atoms with Crippen LogP contribution in [0.2, 0.25) is 0 Å². The van der Waals surface area contributed by atoms with Gasteiger partial charge in [0.15, 0.2) is 0 Å². The largest absolute Gasteiger partial charge is 0.444 e. The number of ether oxygens (including phenoxy) is 1. The lowest BCUT2D eigenvalue weighted by Crippen LogP contribution is -2.47. The first-order chi connectivity index (χ1) is 10.2. The molecule has 6 nitrogen and oxygen atoms in total. The molecule has 0 fully saturated rings. The summed E-state index contributed by atoms with van der Waals surface area (Å²) >= 11 is 3.20. The first-order valence-corrected chi connectivity index (χ1v) is 7.86. The Morgan fingerprint density at radius 3 is 2.59 bits per heavy atom. The molecule has 1 aromatic rings. The number of alkyl carbamates (subject to hydrolysis) is 1. The maximum atomic E-state index is 12.5. The molecule has 0 radical (unpaired) electrons. The standard InChI is InChI=1S/C15H22BrN3O3/c1-5-8-11(18-14(21)22-15(2,3)4)13(20)19(16)12-9-6-7-10-17-12/h6-7,9-11H,5,8H2,1-4H3,(H,18,21). The number of halogens is 1. The quantitative estimate of drug-likeness (QED) is 0.804. The molecular weight excluding hydrogens is 350 g/mol. The van der Waals surface area contributed by atoms with Gasteiger partial charge in [0, 0.05) is 6.20 Å². The smallest absolute Gasteiger partial charge is 0.408 e. The van der Waals surface area contributed by atoms with E-state index < -0.39 is 17.7 Å². The average Bonchev–Trinajstić information content (AvgIpc) is 2.44. The fourth-order valence-corrected chi connectivity index (χ4v) is 2.17. The Labute approximate surface area is 139 Å². The minimum atomic E-state index is -0.679.